The predicted octanol–water partition coefficient (Wildman–Crippen LogP) is 2.98. The lowest BCUT2D eigenvalue weighted by molar-refractivity contribution is 0.102. The lowest BCUT2D eigenvalue weighted by atomic mass is 10.1. The Balaban J connectivity index is 1.62. The largest absolute Gasteiger partial charge is 0.369 e. The van der Waals surface area contributed by atoms with Crippen LogP contribution < -0.4 is 10.2 Å². The molecule has 27 heavy (non-hydrogen) atoms. The lowest BCUT2D eigenvalue weighted by Crippen LogP contribution is -2.48. The molecular formula is C19H22ClN3O3S. The molecule has 1 amide bonds. The van der Waals surface area contributed by atoms with Crippen molar-refractivity contribution in [1.29, 1.82) is 0 Å². The van der Waals surface area contributed by atoms with Gasteiger partial charge in [0.1, 0.15) is 0 Å². The van der Waals surface area contributed by atoms with Gasteiger partial charge >= 0.3 is 0 Å². The molecule has 0 aromatic heterocycles. The fraction of sp³-hybridized carbons (Fsp3) is 0.316. The highest BCUT2D eigenvalue weighted by molar-refractivity contribution is 7.88. The maximum Gasteiger partial charge on any atom is 0.255 e. The molecule has 0 atom stereocenters. The molecule has 2 aromatic rings. The second kappa shape index (κ2) is 7.88. The number of rotatable bonds is 4. The molecule has 3 rings (SSSR count). The van der Waals surface area contributed by atoms with Crippen molar-refractivity contribution in [1.82, 2.24) is 4.31 Å². The Labute approximate surface area is 164 Å². The molecule has 144 valence electrons. The Bertz CT molecular complexity index is 937. The van der Waals surface area contributed by atoms with Crippen LogP contribution >= 0.6 is 11.6 Å². The highest BCUT2D eigenvalue weighted by atomic mass is 35.5. The number of nitrogens with one attached hydrogen (secondary N) is 1. The average Bonchev–Trinajstić information content (AvgIpc) is 2.64. The molecule has 1 aliphatic rings. The first-order valence-electron chi connectivity index (χ1n) is 8.62. The minimum atomic E-state index is -3.13. The fourth-order valence-electron chi connectivity index (χ4n) is 2.97. The van der Waals surface area contributed by atoms with Gasteiger partial charge in [-0.1, -0.05) is 17.7 Å². The summed E-state index contributed by atoms with van der Waals surface area (Å²) >= 11 is 6.08. The number of carbonyl (C=O) groups is 1. The van der Waals surface area contributed by atoms with E-state index in [0.717, 1.165) is 11.3 Å². The van der Waals surface area contributed by atoms with E-state index in [1.165, 1.54) is 10.6 Å². The number of hydrogen-bond donors (Lipinski definition) is 1. The molecule has 0 unspecified atom stereocenters. The summed E-state index contributed by atoms with van der Waals surface area (Å²) in [4.78, 5) is 14.5. The van der Waals surface area contributed by atoms with Crippen LogP contribution in [0.5, 0.6) is 0 Å². The molecule has 2 aromatic carbocycles. The number of anilines is 2. The van der Waals surface area contributed by atoms with Crippen molar-refractivity contribution in [2.24, 2.45) is 0 Å². The normalized spacial score (nSPS) is 15.6. The van der Waals surface area contributed by atoms with Gasteiger partial charge in [-0.3, -0.25) is 4.79 Å². The summed E-state index contributed by atoms with van der Waals surface area (Å²) in [6.45, 7) is 4.12. The summed E-state index contributed by atoms with van der Waals surface area (Å²) < 4.78 is 24.7. The first-order valence-corrected chi connectivity index (χ1v) is 10.8. The van der Waals surface area contributed by atoms with E-state index in [4.69, 9.17) is 11.6 Å². The van der Waals surface area contributed by atoms with Gasteiger partial charge in [0.2, 0.25) is 10.0 Å². The maximum atomic E-state index is 12.4. The molecule has 0 spiro atoms. The zero-order valence-corrected chi connectivity index (χ0v) is 16.8. The molecule has 1 aliphatic heterocycles. The molecule has 8 heteroatoms. The van der Waals surface area contributed by atoms with Gasteiger partial charge in [0.05, 0.1) is 6.26 Å². The highest BCUT2D eigenvalue weighted by Crippen LogP contribution is 2.22. The van der Waals surface area contributed by atoms with Gasteiger partial charge in [0, 0.05) is 48.1 Å². The number of amides is 1. The van der Waals surface area contributed by atoms with Gasteiger partial charge in [0.25, 0.3) is 5.91 Å². The second-order valence-corrected chi connectivity index (χ2v) is 9.00. The Kier molecular flexibility index (Phi) is 5.74. The minimum absolute atomic E-state index is 0.216. The zero-order valence-electron chi connectivity index (χ0n) is 15.3. The first kappa shape index (κ1) is 19.7. The van der Waals surface area contributed by atoms with Crippen LogP contribution in [-0.4, -0.2) is 51.1 Å². The predicted molar refractivity (Wildman–Crippen MR) is 109 cm³/mol. The quantitative estimate of drug-likeness (QED) is 0.845. The van der Waals surface area contributed by atoms with Crippen LogP contribution in [0, 0.1) is 6.92 Å². The average molecular weight is 408 g/mol. The molecule has 0 saturated carbocycles. The van der Waals surface area contributed by atoms with Gasteiger partial charge in [-0.15, -0.1) is 0 Å². The number of nitrogens with zero attached hydrogens (tertiary/aromatic N) is 2. The third kappa shape index (κ3) is 4.80. The Hall–Kier alpha value is -2.09. The van der Waals surface area contributed by atoms with E-state index >= 15 is 0 Å². The van der Waals surface area contributed by atoms with Crippen LogP contribution in [0.25, 0.3) is 0 Å². The summed E-state index contributed by atoms with van der Waals surface area (Å²) in [5.41, 5.74) is 3.12. The number of carbonyl (C=O) groups excluding carboxylic acids is 1. The maximum absolute atomic E-state index is 12.4. The number of sulfonamides is 1. The van der Waals surface area contributed by atoms with E-state index in [0.29, 0.717) is 42.5 Å². The standard InChI is InChI=1S/C19H22ClN3O3S/c1-14-3-4-15(13-18(14)20)19(24)21-16-5-7-17(8-6-16)22-9-11-23(12-10-22)27(2,25)26/h3-8,13H,9-12H2,1-2H3,(H,21,24). The van der Waals surface area contributed by atoms with Crippen LogP contribution in [0.15, 0.2) is 42.5 Å². The molecule has 1 fully saturated rings. The number of halogens is 1. The number of benzene rings is 2. The van der Waals surface area contributed by atoms with Gasteiger partial charge in [0.15, 0.2) is 0 Å². The third-order valence-electron chi connectivity index (χ3n) is 4.63. The third-order valence-corrected chi connectivity index (χ3v) is 6.34. The zero-order chi connectivity index (χ0) is 19.6. The summed E-state index contributed by atoms with van der Waals surface area (Å²) in [5, 5.41) is 3.42. The van der Waals surface area contributed by atoms with Gasteiger partial charge in [-0.05, 0) is 48.9 Å². The monoisotopic (exact) mass is 407 g/mol. The van der Waals surface area contributed by atoms with E-state index in [2.05, 4.69) is 10.2 Å². The number of aryl methyl sites for hydroxylation is 1. The van der Waals surface area contributed by atoms with Crippen LogP contribution in [0.3, 0.4) is 0 Å². The van der Waals surface area contributed by atoms with Crippen molar-refractivity contribution in [2.45, 2.75) is 6.92 Å². The molecule has 0 radical (unpaired) electrons. The van der Waals surface area contributed by atoms with Crippen molar-refractivity contribution >= 4 is 38.9 Å². The van der Waals surface area contributed by atoms with Crippen LogP contribution in [0.2, 0.25) is 5.02 Å². The number of piperazine rings is 1. The summed E-state index contributed by atoms with van der Waals surface area (Å²) in [5.74, 6) is -0.216. The van der Waals surface area contributed by atoms with E-state index < -0.39 is 10.0 Å². The molecular weight excluding hydrogens is 386 g/mol. The van der Waals surface area contributed by atoms with Crippen LogP contribution in [0.4, 0.5) is 11.4 Å². The van der Waals surface area contributed by atoms with Crippen LogP contribution in [0.1, 0.15) is 15.9 Å². The second-order valence-electron chi connectivity index (χ2n) is 6.61. The Morgan fingerprint density at radius 2 is 1.67 bits per heavy atom. The van der Waals surface area contributed by atoms with Crippen molar-refractivity contribution in [3.8, 4) is 0 Å². The molecule has 1 N–H and O–H groups in total. The molecule has 0 aliphatic carbocycles. The summed E-state index contributed by atoms with van der Waals surface area (Å²) in [6.07, 6.45) is 1.24. The van der Waals surface area contributed by atoms with E-state index in [9.17, 15) is 13.2 Å². The topological polar surface area (TPSA) is 69.7 Å². The van der Waals surface area contributed by atoms with Gasteiger partial charge < -0.3 is 10.2 Å². The Morgan fingerprint density at radius 3 is 2.22 bits per heavy atom. The molecule has 1 heterocycles. The van der Waals surface area contributed by atoms with E-state index in [-0.39, 0.29) is 5.91 Å². The van der Waals surface area contributed by atoms with E-state index in [1.54, 1.807) is 12.1 Å². The fourth-order valence-corrected chi connectivity index (χ4v) is 3.98. The van der Waals surface area contributed by atoms with Crippen LogP contribution in [-0.2, 0) is 10.0 Å². The van der Waals surface area contributed by atoms with Crippen molar-refractivity contribution in [2.75, 3.05) is 42.7 Å². The summed E-state index contributed by atoms with van der Waals surface area (Å²) in [7, 11) is -3.13. The number of hydrogen-bond acceptors (Lipinski definition) is 4. The van der Waals surface area contributed by atoms with Crippen molar-refractivity contribution < 1.29 is 13.2 Å². The SMILES string of the molecule is Cc1ccc(C(=O)Nc2ccc(N3CCN(S(C)(=O)=O)CC3)cc2)cc1Cl. The Morgan fingerprint density at radius 1 is 1.04 bits per heavy atom. The molecule has 6 nitrogen and oxygen atoms in total. The molecule has 0 bridgehead atoms. The molecule has 1 saturated heterocycles. The van der Waals surface area contributed by atoms with E-state index in [1.807, 2.05) is 37.3 Å². The minimum Gasteiger partial charge on any atom is -0.369 e. The smallest absolute Gasteiger partial charge is 0.255 e. The summed E-state index contributed by atoms with van der Waals surface area (Å²) in [6, 6.07) is 12.7. The van der Waals surface area contributed by atoms with Crippen molar-refractivity contribution in [3.63, 3.8) is 0 Å². The first-order chi connectivity index (χ1) is 12.7. The van der Waals surface area contributed by atoms with Gasteiger partial charge in [-0.2, -0.15) is 4.31 Å². The van der Waals surface area contributed by atoms with Crippen molar-refractivity contribution in [3.05, 3.63) is 58.6 Å². The van der Waals surface area contributed by atoms with Gasteiger partial charge in [-0.25, -0.2) is 8.42 Å². The highest BCUT2D eigenvalue weighted by Gasteiger charge is 2.23. The lowest BCUT2D eigenvalue weighted by Gasteiger charge is -2.34.